The Balaban J connectivity index is 2.34. The number of hydrogen-bond acceptors (Lipinski definition) is 2. The molecule has 0 spiro atoms. The quantitative estimate of drug-likeness (QED) is 0.742. The van der Waals surface area contributed by atoms with E-state index in [1.165, 1.54) is 5.56 Å². The van der Waals surface area contributed by atoms with E-state index in [1.807, 2.05) is 24.3 Å². The molecule has 0 aliphatic carbocycles. The average molecular weight is 262 g/mol. The molecular weight excluding hydrogens is 246 g/mol. The van der Waals surface area contributed by atoms with Gasteiger partial charge in [-0.1, -0.05) is 32.0 Å². The van der Waals surface area contributed by atoms with Gasteiger partial charge in [-0.05, 0) is 23.6 Å². The lowest BCUT2D eigenvalue weighted by Crippen LogP contribution is -1.96. The van der Waals surface area contributed by atoms with E-state index in [9.17, 15) is 0 Å². The van der Waals surface area contributed by atoms with Gasteiger partial charge >= 0.3 is 0 Å². The van der Waals surface area contributed by atoms with Crippen LogP contribution in [0.4, 0.5) is 0 Å². The van der Waals surface area contributed by atoms with Crippen LogP contribution in [-0.2, 0) is 5.88 Å². The molecule has 0 aliphatic heterocycles. The van der Waals surface area contributed by atoms with Crippen LogP contribution < -0.4 is 4.74 Å². The summed E-state index contributed by atoms with van der Waals surface area (Å²) in [6, 6.07) is 9.92. The fraction of sp³-hybridized carbons (Fsp3) is 0.267. The highest BCUT2D eigenvalue weighted by Gasteiger charge is 2.10. The van der Waals surface area contributed by atoms with E-state index in [0.29, 0.717) is 11.8 Å². The van der Waals surface area contributed by atoms with Crippen LogP contribution in [-0.4, -0.2) is 4.98 Å². The molecule has 0 aliphatic rings. The molecule has 0 unspecified atom stereocenters. The summed E-state index contributed by atoms with van der Waals surface area (Å²) in [6.07, 6.45) is 3.42. The number of pyridine rings is 1. The first-order valence-electron chi connectivity index (χ1n) is 5.98. The average Bonchev–Trinajstić information content (AvgIpc) is 2.40. The molecule has 1 aromatic carbocycles. The van der Waals surface area contributed by atoms with E-state index in [2.05, 4.69) is 24.9 Å². The Morgan fingerprint density at radius 1 is 1.17 bits per heavy atom. The van der Waals surface area contributed by atoms with E-state index in [4.69, 9.17) is 16.3 Å². The molecule has 0 amide bonds. The van der Waals surface area contributed by atoms with Crippen molar-refractivity contribution in [3.8, 4) is 11.5 Å². The molecule has 0 atom stereocenters. The van der Waals surface area contributed by atoms with Crippen molar-refractivity contribution in [3.63, 3.8) is 0 Å². The van der Waals surface area contributed by atoms with Gasteiger partial charge in [-0.25, -0.2) is 0 Å². The Labute approximate surface area is 113 Å². The van der Waals surface area contributed by atoms with Crippen LogP contribution in [0.1, 0.15) is 30.9 Å². The Hall–Kier alpha value is -1.54. The van der Waals surface area contributed by atoms with Crippen molar-refractivity contribution in [3.05, 3.63) is 53.9 Å². The zero-order chi connectivity index (χ0) is 13.0. The molecule has 0 saturated heterocycles. The van der Waals surface area contributed by atoms with Crippen molar-refractivity contribution in [2.24, 2.45) is 0 Å². The van der Waals surface area contributed by atoms with Crippen LogP contribution in [0.15, 0.2) is 42.7 Å². The van der Waals surface area contributed by atoms with Crippen molar-refractivity contribution in [1.82, 2.24) is 4.98 Å². The fourth-order valence-electron chi connectivity index (χ4n) is 1.78. The van der Waals surface area contributed by atoms with Crippen molar-refractivity contribution in [1.29, 1.82) is 0 Å². The Kier molecular flexibility index (Phi) is 4.21. The van der Waals surface area contributed by atoms with Gasteiger partial charge in [0.2, 0.25) is 0 Å². The number of benzene rings is 1. The first-order valence-corrected chi connectivity index (χ1v) is 6.51. The molecular formula is C15H16ClNO. The Morgan fingerprint density at radius 2 is 1.94 bits per heavy atom. The van der Waals surface area contributed by atoms with Crippen molar-refractivity contribution in [2.45, 2.75) is 25.6 Å². The molecule has 1 aromatic heterocycles. The molecule has 18 heavy (non-hydrogen) atoms. The summed E-state index contributed by atoms with van der Waals surface area (Å²) in [5.41, 5.74) is 2.13. The minimum atomic E-state index is 0.414. The zero-order valence-electron chi connectivity index (χ0n) is 10.6. The van der Waals surface area contributed by atoms with Gasteiger partial charge in [-0.15, -0.1) is 11.6 Å². The molecule has 2 aromatic rings. The predicted molar refractivity (Wildman–Crippen MR) is 74.4 cm³/mol. The number of alkyl halides is 1. The summed E-state index contributed by atoms with van der Waals surface area (Å²) in [7, 11) is 0. The number of halogens is 1. The van der Waals surface area contributed by atoms with Gasteiger partial charge in [0.25, 0.3) is 0 Å². The summed E-state index contributed by atoms with van der Waals surface area (Å²) in [4.78, 5) is 4.08. The van der Waals surface area contributed by atoms with Gasteiger partial charge in [0.15, 0.2) is 0 Å². The van der Waals surface area contributed by atoms with E-state index < -0.39 is 0 Å². The van der Waals surface area contributed by atoms with E-state index in [0.717, 1.165) is 17.1 Å². The normalized spacial score (nSPS) is 10.7. The standard InChI is InChI=1S/C15H16ClNO/c1-11(2)13-5-3-4-6-14(13)18-15-10-17-8-7-12(15)9-16/h3-8,10-11H,9H2,1-2H3. The lowest BCUT2D eigenvalue weighted by molar-refractivity contribution is 0.466. The lowest BCUT2D eigenvalue weighted by atomic mass is 10.0. The van der Waals surface area contributed by atoms with Gasteiger partial charge in [-0.2, -0.15) is 0 Å². The van der Waals surface area contributed by atoms with Crippen molar-refractivity contribution in [2.75, 3.05) is 0 Å². The molecule has 0 radical (unpaired) electrons. The molecule has 2 nitrogen and oxygen atoms in total. The third kappa shape index (κ3) is 2.82. The maximum Gasteiger partial charge on any atom is 0.150 e. The van der Waals surface area contributed by atoms with Gasteiger partial charge in [0, 0.05) is 11.8 Å². The molecule has 0 bridgehead atoms. The first-order chi connectivity index (χ1) is 8.72. The highest BCUT2D eigenvalue weighted by molar-refractivity contribution is 6.17. The molecule has 3 heteroatoms. The largest absolute Gasteiger partial charge is 0.455 e. The number of para-hydroxylation sites is 1. The minimum Gasteiger partial charge on any atom is -0.455 e. The smallest absolute Gasteiger partial charge is 0.150 e. The van der Waals surface area contributed by atoms with Crippen LogP contribution >= 0.6 is 11.6 Å². The third-order valence-electron chi connectivity index (χ3n) is 2.77. The summed E-state index contributed by atoms with van der Waals surface area (Å²) >= 11 is 5.89. The predicted octanol–water partition coefficient (Wildman–Crippen LogP) is 4.74. The van der Waals surface area contributed by atoms with E-state index in [1.54, 1.807) is 12.4 Å². The van der Waals surface area contributed by atoms with Gasteiger partial charge in [0.05, 0.1) is 12.1 Å². The maximum absolute atomic E-state index is 5.95. The first kappa shape index (κ1) is 12.9. The summed E-state index contributed by atoms with van der Waals surface area (Å²) in [6.45, 7) is 4.29. The van der Waals surface area contributed by atoms with Gasteiger partial charge in [-0.3, -0.25) is 4.98 Å². The molecule has 1 heterocycles. The van der Waals surface area contributed by atoms with Crippen molar-refractivity contribution < 1.29 is 4.74 Å². The Bertz CT molecular complexity index is 525. The third-order valence-corrected chi connectivity index (χ3v) is 3.06. The number of hydrogen-bond donors (Lipinski definition) is 0. The maximum atomic E-state index is 5.95. The molecule has 2 rings (SSSR count). The monoisotopic (exact) mass is 261 g/mol. The molecule has 0 N–H and O–H groups in total. The SMILES string of the molecule is CC(C)c1ccccc1Oc1cnccc1CCl. The number of rotatable bonds is 4. The van der Waals surface area contributed by atoms with Crippen LogP contribution in [0.2, 0.25) is 0 Å². The zero-order valence-corrected chi connectivity index (χ0v) is 11.3. The highest BCUT2D eigenvalue weighted by atomic mass is 35.5. The topological polar surface area (TPSA) is 22.1 Å². The fourth-order valence-corrected chi connectivity index (χ4v) is 2.00. The second-order valence-corrected chi connectivity index (χ2v) is 4.68. The highest BCUT2D eigenvalue weighted by Crippen LogP contribution is 2.31. The van der Waals surface area contributed by atoms with Crippen LogP contribution in [0.25, 0.3) is 0 Å². The molecule has 0 fully saturated rings. The second kappa shape index (κ2) is 5.87. The van der Waals surface area contributed by atoms with Crippen LogP contribution in [0.3, 0.4) is 0 Å². The van der Waals surface area contributed by atoms with E-state index in [-0.39, 0.29) is 0 Å². The summed E-state index contributed by atoms with van der Waals surface area (Å²) < 4.78 is 5.95. The van der Waals surface area contributed by atoms with Crippen LogP contribution in [0.5, 0.6) is 11.5 Å². The Morgan fingerprint density at radius 3 is 2.67 bits per heavy atom. The summed E-state index contributed by atoms with van der Waals surface area (Å²) in [5, 5.41) is 0. The lowest BCUT2D eigenvalue weighted by Gasteiger charge is -2.14. The summed E-state index contributed by atoms with van der Waals surface area (Å²) in [5.74, 6) is 2.42. The number of ether oxygens (including phenoxy) is 1. The number of nitrogens with zero attached hydrogens (tertiary/aromatic N) is 1. The number of aromatic nitrogens is 1. The molecule has 0 saturated carbocycles. The van der Waals surface area contributed by atoms with Gasteiger partial charge in [0.1, 0.15) is 11.5 Å². The minimum absolute atomic E-state index is 0.414. The van der Waals surface area contributed by atoms with Crippen molar-refractivity contribution >= 4 is 11.6 Å². The van der Waals surface area contributed by atoms with E-state index >= 15 is 0 Å². The van der Waals surface area contributed by atoms with Gasteiger partial charge < -0.3 is 4.74 Å². The second-order valence-electron chi connectivity index (χ2n) is 4.41. The molecule has 94 valence electrons. The van der Waals surface area contributed by atoms with Crippen LogP contribution in [0, 0.1) is 0 Å².